The van der Waals surface area contributed by atoms with Crippen LogP contribution in [0.5, 0.6) is 0 Å². The van der Waals surface area contributed by atoms with Gasteiger partial charge in [-0.15, -0.1) is 0 Å². The fourth-order valence-corrected chi connectivity index (χ4v) is 2.91. The lowest BCUT2D eigenvalue weighted by Gasteiger charge is -2.32. The highest BCUT2D eigenvalue weighted by atomic mass is 16.6. The summed E-state index contributed by atoms with van der Waals surface area (Å²) < 4.78 is 5.05. The molecular formula is C17H35N5O2. The first-order chi connectivity index (χ1) is 11.5. The number of rotatable bonds is 7. The molecule has 0 bridgehead atoms. The molecule has 1 aliphatic heterocycles. The quantitative estimate of drug-likeness (QED) is 0.542. The van der Waals surface area contributed by atoms with E-state index >= 15 is 0 Å². The molecule has 1 rings (SSSR count). The van der Waals surface area contributed by atoms with Crippen molar-refractivity contribution in [1.29, 1.82) is 0 Å². The van der Waals surface area contributed by atoms with Crippen LogP contribution in [-0.4, -0.2) is 80.3 Å². The molecule has 0 saturated carbocycles. The zero-order valence-corrected chi connectivity index (χ0v) is 16.0. The predicted octanol–water partition coefficient (Wildman–Crippen LogP) is 1.50. The number of likely N-dealkylation sites (N-methyl/N-ethyl adjacent to an activating group) is 1. The Morgan fingerprint density at radius 1 is 1.33 bits per heavy atom. The Labute approximate surface area is 146 Å². The van der Waals surface area contributed by atoms with Gasteiger partial charge in [0.2, 0.25) is 0 Å². The Balaban J connectivity index is 2.31. The monoisotopic (exact) mass is 341 g/mol. The first-order valence-corrected chi connectivity index (χ1v) is 9.14. The van der Waals surface area contributed by atoms with Crippen LogP contribution in [0.1, 0.15) is 40.5 Å². The number of guanidine groups is 1. The van der Waals surface area contributed by atoms with Gasteiger partial charge < -0.3 is 20.3 Å². The standard InChI is InChI=1S/C17H35N5O2/c1-6-21(14(3)4)13-10-19-16(18-5)20-15-8-11-22(12-9-15)17(23)24-7-2/h14-15H,6-13H2,1-5H3,(H2,18,19,20). The van der Waals surface area contributed by atoms with Gasteiger partial charge in [-0.3, -0.25) is 9.89 Å². The van der Waals surface area contributed by atoms with Crippen LogP contribution in [0, 0.1) is 0 Å². The minimum absolute atomic E-state index is 0.202. The molecule has 1 amide bonds. The average molecular weight is 342 g/mol. The van der Waals surface area contributed by atoms with Crippen LogP contribution in [-0.2, 0) is 4.74 Å². The van der Waals surface area contributed by atoms with Crippen LogP contribution < -0.4 is 10.6 Å². The number of carbonyl (C=O) groups is 1. The highest BCUT2D eigenvalue weighted by Crippen LogP contribution is 2.11. The van der Waals surface area contributed by atoms with Gasteiger partial charge in [0, 0.05) is 45.3 Å². The van der Waals surface area contributed by atoms with Crippen molar-refractivity contribution in [3.05, 3.63) is 0 Å². The van der Waals surface area contributed by atoms with Crippen molar-refractivity contribution < 1.29 is 9.53 Å². The largest absolute Gasteiger partial charge is 0.450 e. The van der Waals surface area contributed by atoms with E-state index < -0.39 is 0 Å². The molecule has 0 atom stereocenters. The van der Waals surface area contributed by atoms with Crippen molar-refractivity contribution in [2.45, 2.75) is 52.6 Å². The first kappa shape index (κ1) is 20.5. The van der Waals surface area contributed by atoms with Crippen molar-refractivity contribution in [2.75, 3.05) is 46.4 Å². The molecule has 0 radical (unpaired) electrons. The van der Waals surface area contributed by atoms with Crippen molar-refractivity contribution in [1.82, 2.24) is 20.4 Å². The molecule has 1 heterocycles. The number of nitrogens with zero attached hydrogens (tertiary/aromatic N) is 3. The fourth-order valence-electron chi connectivity index (χ4n) is 2.91. The number of carbonyl (C=O) groups excluding carboxylic acids is 1. The summed E-state index contributed by atoms with van der Waals surface area (Å²) in [6.07, 6.45) is 1.62. The summed E-state index contributed by atoms with van der Waals surface area (Å²) in [5.41, 5.74) is 0. The molecule has 0 spiro atoms. The van der Waals surface area contributed by atoms with E-state index in [1.54, 1.807) is 11.9 Å². The van der Waals surface area contributed by atoms with Crippen molar-refractivity contribution >= 4 is 12.1 Å². The SMILES string of the molecule is CCOC(=O)N1CCC(NC(=NC)NCCN(CC)C(C)C)CC1. The second-order valence-corrected chi connectivity index (χ2v) is 6.33. The summed E-state index contributed by atoms with van der Waals surface area (Å²) in [5, 5.41) is 6.84. The lowest BCUT2D eigenvalue weighted by molar-refractivity contribution is 0.0963. The maximum Gasteiger partial charge on any atom is 0.409 e. The van der Waals surface area contributed by atoms with Crippen LogP contribution in [0.2, 0.25) is 0 Å². The number of ether oxygens (including phenoxy) is 1. The third-order valence-corrected chi connectivity index (χ3v) is 4.41. The van der Waals surface area contributed by atoms with E-state index in [2.05, 4.69) is 41.3 Å². The highest BCUT2D eigenvalue weighted by Gasteiger charge is 2.24. The van der Waals surface area contributed by atoms with Gasteiger partial charge in [0.15, 0.2) is 5.96 Å². The van der Waals surface area contributed by atoms with Crippen LogP contribution in [0.25, 0.3) is 0 Å². The van der Waals surface area contributed by atoms with Gasteiger partial charge in [-0.25, -0.2) is 4.79 Å². The Morgan fingerprint density at radius 2 is 2.00 bits per heavy atom. The Morgan fingerprint density at radius 3 is 2.50 bits per heavy atom. The van der Waals surface area contributed by atoms with Gasteiger partial charge in [0.25, 0.3) is 0 Å². The lowest BCUT2D eigenvalue weighted by atomic mass is 10.1. The molecule has 0 aromatic carbocycles. The molecule has 1 fully saturated rings. The molecule has 7 nitrogen and oxygen atoms in total. The third kappa shape index (κ3) is 6.95. The second kappa shape index (κ2) is 11.1. The van der Waals surface area contributed by atoms with Crippen molar-refractivity contribution in [2.24, 2.45) is 4.99 Å². The van der Waals surface area contributed by atoms with Gasteiger partial charge in [0.1, 0.15) is 0 Å². The minimum Gasteiger partial charge on any atom is -0.450 e. The molecular weight excluding hydrogens is 306 g/mol. The molecule has 140 valence electrons. The third-order valence-electron chi connectivity index (χ3n) is 4.41. The molecule has 1 saturated heterocycles. The van der Waals surface area contributed by atoms with Crippen molar-refractivity contribution in [3.63, 3.8) is 0 Å². The number of hydrogen-bond donors (Lipinski definition) is 2. The van der Waals surface area contributed by atoms with Crippen LogP contribution >= 0.6 is 0 Å². The fraction of sp³-hybridized carbons (Fsp3) is 0.882. The summed E-state index contributed by atoms with van der Waals surface area (Å²) in [4.78, 5) is 20.2. The Bertz CT molecular complexity index is 392. The molecule has 0 aliphatic carbocycles. The Hall–Kier alpha value is -1.50. The number of amides is 1. The topological polar surface area (TPSA) is 69.2 Å². The van der Waals surface area contributed by atoms with E-state index in [0.29, 0.717) is 18.7 Å². The highest BCUT2D eigenvalue weighted by molar-refractivity contribution is 5.80. The second-order valence-electron chi connectivity index (χ2n) is 6.33. The zero-order chi connectivity index (χ0) is 17.9. The van der Waals surface area contributed by atoms with Gasteiger partial charge >= 0.3 is 6.09 Å². The van der Waals surface area contributed by atoms with Crippen LogP contribution in [0.3, 0.4) is 0 Å². The first-order valence-electron chi connectivity index (χ1n) is 9.14. The van der Waals surface area contributed by atoms with E-state index in [0.717, 1.165) is 51.5 Å². The average Bonchev–Trinajstić information content (AvgIpc) is 2.58. The Kier molecular flexibility index (Phi) is 9.52. The maximum absolute atomic E-state index is 11.7. The summed E-state index contributed by atoms with van der Waals surface area (Å²) in [6.45, 7) is 13.3. The number of likely N-dealkylation sites (tertiary alicyclic amines) is 1. The summed E-state index contributed by atoms with van der Waals surface area (Å²) in [5.74, 6) is 0.837. The molecule has 7 heteroatoms. The molecule has 0 aromatic heterocycles. The zero-order valence-electron chi connectivity index (χ0n) is 16.0. The van der Waals surface area contributed by atoms with Gasteiger partial charge in [-0.1, -0.05) is 6.92 Å². The number of aliphatic imine (C=N–C) groups is 1. The number of piperidine rings is 1. The van der Waals surface area contributed by atoms with E-state index in [1.807, 2.05) is 6.92 Å². The van der Waals surface area contributed by atoms with E-state index in [1.165, 1.54) is 0 Å². The van der Waals surface area contributed by atoms with E-state index in [-0.39, 0.29) is 6.09 Å². The van der Waals surface area contributed by atoms with Crippen LogP contribution in [0.15, 0.2) is 4.99 Å². The molecule has 0 aromatic rings. The summed E-state index contributed by atoms with van der Waals surface area (Å²) >= 11 is 0. The van der Waals surface area contributed by atoms with Gasteiger partial charge in [-0.05, 0) is 40.2 Å². The predicted molar refractivity (Wildman–Crippen MR) is 98.5 cm³/mol. The smallest absolute Gasteiger partial charge is 0.409 e. The van der Waals surface area contributed by atoms with E-state index in [4.69, 9.17) is 4.74 Å². The van der Waals surface area contributed by atoms with Crippen LogP contribution in [0.4, 0.5) is 4.79 Å². The number of nitrogens with one attached hydrogen (secondary N) is 2. The molecule has 24 heavy (non-hydrogen) atoms. The maximum atomic E-state index is 11.7. The lowest BCUT2D eigenvalue weighted by Crippen LogP contribution is -2.50. The number of hydrogen-bond acceptors (Lipinski definition) is 4. The van der Waals surface area contributed by atoms with Gasteiger partial charge in [-0.2, -0.15) is 0 Å². The molecule has 0 unspecified atom stereocenters. The van der Waals surface area contributed by atoms with Gasteiger partial charge in [0.05, 0.1) is 6.61 Å². The summed E-state index contributed by atoms with van der Waals surface area (Å²) in [6, 6.07) is 0.897. The normalized spacial score (nSPS) is 16.6. The minimum atomic E-state index is -0.202. The van der Waals surface area contributed by atoms with Crippen molar-refractivity contribution in [3.8, 4) is 0 Å². The van der Waals surface area contributed by atoms with E-state index in [9.17, 15) is 4.79 Å². The molecule has 2 N–H and O–H groups in total. The molecule has 1 aliphatic rings. The summed E-state index contributed by atoms with van der Waals surface area (Å²) in [7, 11) is 1.79.